The molecule has 1 aliphatic carbocycles. The first-order valence-corrected chi connectivity index (χ1v) is 12.4. The third-order valence-corrected chi connectivity index (χ3v) is 7.23. The first kappa shape index (κ1) is 21.9. The van der Waals surface area contributed by atoms with Crippen molar-refractivity contribution in [2.45, 2.75) is 43.1 Å². The van der Waals surface area contributed by atoms with Crippen LogP contribution in [0.5, 0.6) is 5.75 Å². The molecule has 172 valence electrons. The molecular weight excluding hydrogens is 450 g/mol. The number of nitrogens with zero attached hydrogens (tertiary/aromatic N) is 3. The van der Waals surface area contributed by atoms with E-state index in [2.05, 4.69) is 26.0 Å². The van der Waals surface area contributed by atoms with Gasteiger partial charge in [-0.25, -0.2) is 13.4 Å². The number of hydrogen-bond acceptors (Lipinski definition) is 6. The highest BCUT2D eigenvalue weighted by Gasteiger charge is 2.44. The van der Waals surface area contributed by atoms with Crippen molar-refractivity contribution < 1.29 is 13.2 Å². The topological polar surface area (TPSA) is 121 Å². The number of H-pyrrole nitrogens is 1. The van der Waals surface area contributed by atoms with Crippen LogP contribution >= 0.6 is 0 Å². The molecule has 0 bridgehead atoms. The number of sulfonamides is 1. The van der Waals surface area contributed by atoms with Gasteiger partial charge in [-0.2, -0.15) is 10.4 Å². The Morgan fingerprint density at radius 1 is 1.12 bits per heavy atom. The Balaban J connectivity index is 1.42. The molecule has 9 heteroatoms. The van der Waals surface area contributed by atoms with Crippen LogP contribution in [-0.2, 0) is 15.4 Å². The summed E-state index contributed by atoms with van der Waals surface area (Å²) in [5.41, 5.74) is 2.61. The minimum absolute atomic E-state index is 0.0403. The summed E-state index contributed by atoms with van der Waals surface area (Å²) in [5.74, 6) is 0.913. The number of nitrogens with one attached hydrogen (secondary N) is 2. The molecule has 1 aliphatic rings. The fourth-order valence-corrected chi connectivity index (χ4v) is 4.93. The molecule has 5 rings (SSSR count). The largest absolute Gasteiger partial charge is 0.491 e. The van der Waals surface area contributed by atoms with Crippen molar-refractivity contribution in [2.24, 2.45) is 0 Å². The van der Waals surface area contributed by atoms with Crippen LogP contribution in [0.2, 0.25) is 0 Å². The van der Waals surface area contributed by atoms with Crippen LogP contribution < -0.4 is 9.46 Å². The van der Waals surface area contributed by atoms with Crippen LogP contribution in [0.3, 0.4) is 0 Å². The summed E-state index contributed by atoms with van der Waals surface area (Å²) in [5, 5.41) is 17.6. The van der Waals surface area contributed by atoms with Gasteiger partial charge in [0.1, 0.15) is 17.3 Å². The second-order valence-electron chi connectivity index (χ2n) is 8.70. The predicted octanol–water partition coefficient (Wildman–Crippen LogP) is 4.77. The maximum atomic E-state index is 13.0. The van der Waals surface area contributed by atoms with Gasteiger partial charge in [0.25, 0.3) is 10.0 Å². The second kappa shape index (κ2) is 8.15. The number of rotatable bonds is 7. The number of benzene rings is 2. The molecule has 2 aromatic carbocycles. The number of ether oxygens (including phenoxy) is 1. The fourth-order valence-electron chi connectivity index (χ4n) is 3.93. The Kier molecular flexibility index (Phi) is 5.25. The van der Waals surface area contributed by atoms with Gasteiger partial charge < -0.3 is 4.74 Å². The van der Waals surface area contributed by atoms with Crippen LogP contribution in [0.25, 0.3) is 22.2 Å². The van der Waals surface area contributed by atoms with E-state index in [0.717, 1.165) is 35.1 Å². The maximum absolute atomic E-state index is 13.0. The van der Waals surface area contributed by atoms with Gasteiger partial charge in [0.2, 0.25) is 0 Å². The lowest BCUT2D eigenvalue weighted by atomic mass is 9.98. The summed E-state index contributed by atoms with van der Waals surface area (Å²) in [6, 6.07) is 17.9. The van der Waals surface area contributed by atoms with E-state index < -0.39 is 15.4 Å². The van der Waals surface area contributed by atoms with E-state index in [1.807, 2.05) is 32.0 Å². The average Bonchev–Trinajstić information content (AvgIpc) is 3.51. The van der Waals surface area contributed by atoms with Gasteiger partial charge in [0, 0.05) is 17.1 Å². The molecule has 0 spiro atoms. The van der Waals surface area contributed by atoms with Gasteiger partial charge in [0.05, 0.1) is 28.0 Å². The van der Waals surface area contributed by atoms with E-state index in [4.69, 9.17) is 4.74 Å². The normalized spacial score (nSPS) is 14.6. The van der Waals surface area contributed by atoms with Crippen molar-refractivity contribution >= 4 is 26.7 Å². The summed E-state index contributed by atoms with van der Waals surface area (Å²) < 4.78 is 34.2. The smallest absolute Gasteiger partial charge is 0.263 e. The predicted molar refractivity (Wildman–Crippen MR) is 129 cm³/mol. The van der Waals surface area contributed by atoms with Crippen molar-refractivity contribution in [1.82, 2.24) is 15.2 Å². The zero-order chi connectivity index (χ0) is 23.9. The number of aromatic amines is 1. The minimum Gasteiger partial charge on any atom is -0.491 e. The van der Waals surface area contributed by atoms with Gasteiger partial charge in [-0.05, 0) is 74.7 Å². The van der Waals surface area contributed by atoms with Crippen molar-refractivity contribution in [1.29, 1.82) is 5.26 Å². The molecule has 0 unspecified atom stereocenters. The lowest BCUT2D eigenvalue weighted by molar-refractivity contribution is 0.243. The zero-order valence-electron chi connectivity index (χ0n) is 18.7. The number of nitriles is 1. The second-order valence-corrected chi connectivity index (χ2v) is 10.4. The average molecular weight is 474 g/mol. The summed E-state index contributed by atoms with van der Waals surface area (Å²) in [4.78, 5) is 4.29. The van der Waals surface area contributed by atoms with Gasteiger partial charge >= 0.3 is 0 Å². The molecule has 0 saturated heterocycles. The molecule has 2 heterocycles. The van der Waals surface area contributed by atoms with Crippen molar-refractivity contribution in [3.63, 3.8) is 0 Å². The number of hydrogen-bond donors (Lipinski definition) is 2. The maximum Gasteiger partial charge on any atom is 0.263 e. The number of pyridine rings is 1. The van der Waals surface area contributed by atoms with E-state index in [1.54, 1.807) is 24.3 Å². The first-order valence-electron chi connectivity index (χ1n) is 11.0. The van der Waals surface area contributed by atoms with Crippen LogP contribution in [0.4, 0.5) is 5.82 Å². The molecule has 1 fully saturated rings. The van der Waals surface area contributed by atoms with Gasteiger partial charge in [-0.3, -0.25) is 9.82 Å². The van der Waals surface area contributed by atoms with Gasteiger partial charge in [-0.15, -0.1) is 0 Å². The Bertz CT molecular complexity index is 1510. The Morgan fingerprint density at radius 2 is 1.88 bits per heavy atom. The molecule has 0 amide bonds. The molecule has 4 aromatic rings. The fraction of sp³-hybridized carbons (Fsp3) is 0.240. The molecule has 0 radical (unpaired) electrons. The molecule has 34 heavy (non-hydrogen) atoms. The number of fused-ring (bicyclic) bond motifs is 1. The quantitative estimate of drug-likeness (QED) is 0.399. The molecule has 2 N–H and O–H groups in total. The highest BCUT2D eigenvalue weighted by molar-refractivity contribution is 7.92. The van der Waals surface area contributed by atoms with E-state index in [-0.39, 0.29) is 16.8 Å². The minimum atomic E-state index is -3.85. The molecule has 0 aliphatic heterocycles. The summed E-state index contributed by atoms with van der Waals surface area (Å²) >= 11 is 0. The van der Waals surface area contributed by atoms with E-state index in [0.29, 0.717) is 11.3 Å². The Labute approximate surface area is 197 Å². The third kappa shape index (κ3) is 4.08. The SMILES string of the molecule is CC(C)Oc1ccc2[nH]nc(-c3ccnc(NS(=O)(=O)c4ccc(C5(C#N)CC5)cc4)c3)c2c1. The lowest BCUT2D eigenvalue weighted by Gasteiger charge is -2.11. The summed E-state index contributed by atoms with van der Waals surface area (Å²) in [7, 11) is -3.85. The van der Waals surface area contributed by atoms with Crippen LogP contribution in [0.15, 0.2) is 65.7 Å². The zero-order valence-corrected chi connectivity index (χ0v) is 19.6. The molecule has 8 nitrogen and oxygen atoms in total. The number of aromatic nitrogens is 3. The number of anilines is 1. The van der Waals surface area contributed by atoms with Gasteiger partial charge in [0.15, 0.2) is 0 Å². The van der Waals surface area contributed by atoms with Crippen LogP contribution in [0, 0.1) is 11.3 Å². The molecular formula is C25H23N5O3S. The highest BCUT2D eigenvalue weighted by atomic mass is 32.2. The molecule has 0 atom stereocenters. The summed E-state index contributed by atoms with van der Waals surface area (Å²) in [6.45, 7) is 3.92. The highest BCUT2D eigenvalue weighted by Crippen LogP contribution is 2.47. The third-order valence-electron chi connectivity index (χ3n) is 5.86. The Morgan fingerprint density at radius 3 is 2.56 bits per heavy atom. The summed E-state index contributed by atoms with van der Waals surface area (Å²) in [6.07, 6.45) is 3.18. The van der Waals surface area contributed by atoms with Gasteiger partial charge in [-0.1, -0.05) is 12.1 Å². The van der Waals surface area contributed by atoms with Crippen molar-refractivity contribution in [3.05, 3.63) is 66.4 Å². The van der Waals surface area contributed by atoms with E-state index in [9.17, 15) is 13.7 Å². The molecule has 1 saturated carbocycles. The van der Waals surface area contributed by atoms with Crippen LogP contribution in [0.1, 0.15) is 32.3 Å². The van der Waals surface area contributed by atoms with Crippen LogP contribution in [-0.4, -0.2) is 29.7 Å². The standard InChI is InChI=1S/C25H23N5O3S/c1-16(2)33-19-5-8-22-21(14-19)24(29-28-22)17-9-12-27-23(13-17)30-34(31,32)20-6-3-18(4-7-20)25(15-26)10-11-25/h3-9,12-14,16H,10-11H2,1-2H3,(H,27,30)(H,28,29). The lowest BCUT2D eigenvalue weighted by Crippen LogP contribution is -2.14. The van der Waals surface area contributed by atoms with E-state index in [1.165, 1.54) is 18.3 Å². The first-order chi connectivity index (χ1) is 16.3. The molecule has 2 aromatic heterocycles. The van der Waals surface area contributed by atoms with Crippen molar-refractivity contribution in [2.75, 3.05) is 4.72 Å². The Hall–Kier alpha value is -3.90. The monoisotopic (exact) mass is 473 g/mol. The van der Waals surface area contributed by atoms with E-state index >= 15 is 0 Å². The van der Waals surface area contributed by atoms with Crippen molar-refractivity contribution in [3.8, 4) is 23.1 Å².